The number of nitrogens with zero attached hydrogens (tertiary/aromatic N) is 2. The number of hydrogen-bond acceptors (Lipinski definition) is 4. The monoisotopic (exact) mass is 356 g/mol. The predicted octanol–water partition coefficient (Wildman–Crippen LogP) is 3.94. The smallest absolute Gasteiger partial charge is 0.270 e. The Labute approximate surface area is 148 Å². The van der Waals surface area contributed by atoms with Crippen molar-refractivity contribution in [2.45, 2.75) is 6.54 Å². The Bertz CT molecular complexity index is 869. The summed E-state index contributed by atoms with van der Waals surface area (Å²) in [7, 11) is 0. The summed E-state index contributed by atoms with van der Waals surface area (Å²) in [4.78, 5) is 20.3. The lowest BCUT2D eigenvalue weighted by molar-refractivity contribution is 0.0946. The zero-order valence-electron chi connectivity index (χ0n) is 13.0. The third kappa shape index (κ3) is 4.74. The second-order valence-corrected chi connectivity index (χ2v) is 5.67. The molecular weight excluding hydrogens is 343 g/mol. The number of nitrogens with one attached hydrogen (secondary N) is 2. The number of aromatic nitrogens is 2. The fourth-order valence-electron chi connectivity index (χ4n) is 2.11. The second-order valence-electron chi connectivity index (χ2n) is 5.23. The highest BCUT2D eigenvalue weighted by atomic mass is 35.5. The van der Waals surface area contributed by atoms with Crippen molar-refractivity contribution in [1.82, 2.24) is 15.3 Å². The first-order chi connectivity index (χ1) is 12.1. The Morgan fingerprint density at radius 3 is 2.48 bits per heavy atom. The molecule has 0 saturated heterocycles. The summed E-state index contributed by atoms with van der Waals surface area (Å²) in [6.07, 6.45) is 1.31. The number of amides is 1. The average Bonchev–Trinajstić information content (AvgIpc) is 2.63. The van der Waals surface area contributed by atoms with Gasteiger partial charge in [0.05, 0.1) is 0 Å². The van der Waals surface area contributed by atoms with Gasteiger partial charge in [-0.15, -0.1) is 0 Å². The Morgan fingerprint density at radius 2 is 1.76 bits per heavy atom. The van der Waals surface area contributed by atoms with Gasteiger partial charge in [0.2, 0.25) is 0 Å². The molecule has 1 heterocycles. The lowest BCUT2D eigenvalue weighted by Crippen LogP contribution is -2.24. The summed E-state index contributed by atoms with van der Waals surface area (Å²) in [5, 5.41) is 6.44. The average molecular weight is 357 g/mol. The Morgan fingerprint density at radius 1 is 1.04 bits per heavy atom. The van der Waals surface area contributed by atoms with E-state index >= 15 is 0 Å². The molecule has 25 heavy (non-hydrogen) atoms. The molecule has 0 spiro atoms. The van der Waals surface area contributed by atoms with Crippen molar-refractivity contribution in [3.05, 3.63) is 83.0 Å². The zero-order valence-corrected chi connectivity index (χ0v) is 13.8. The molecule has 2 aromatic carbocycles. The van der Waals surface area contributed by atoms with Crippen LogP contribution in [-0.4, -0.2) is 15.9 Å². The molecule has 0 atom stereocenters. The fraction of sp³-hybridized carbons (Fsp3) is 0.0556. The van der Waals surface area contributed by atoms with E-state index < -0.39 is 0 Å². The van der Waals surface area contributed by atoms with E-state index in [9.17, 15) is 9.18 Å². The molecule has 7 heteroatoms. The number of anilines is 2. The minimum absolute atomic E-state index is 0.230. The van der Waals surface area contributed by atoms with Crippen molar-refractivity contribution in [3.8, 4) is 0 Å². The highest BCUT2D eigenvalue weighted by Crippen LogP contribution is 2.17. The van der Waals surface area contributed by atoms with Gasteiger partial charge >= 0.3 is 0 Å². The SMILES string of the molecule is O=C(NCc1ccc(F)cc1)c1cc(Nc2ccc(Cl)cc2)ncn1. The van der Waals surface area contributed by atoms with Gasteiger partial charge in [0.1, 0.15) is 23.7 Å². The van der Waals surface area contributed by atoms with Crippen LogP contribution in [0.15, 0.2) is 60.9 Å². The highest BCUT2D eigenvalue weighted by molar-refractivity contribution is 6.30. The van der Waals surface area contributed by atoms with Crippen molar-refractivity contribution >= 4 is 29.0 Å². The Kier molecular flexibility index (Phi) is 5.20. The summed E-state index contributed by atoms with van der Waals surface area (Å²) < 4.78 is 12.9. The minimum Gasteiger partial charge on any atom is -0.347 e. The van der Waals surface area contributed by atoms with Gasteiger partial charge in [0.25, 0.3) is 5.91 Å². The van der Waals surface area contributed by atoms with Crippen molar-refractivity contribution in [3.63, 3.8) is 0 Å². The summed E-state index contributed by atoms with van der Waals surface area (Å²) in [6, 6.07) is 14.6. The summed E-state index contributed by atoms with van der Waals surface area (Å²) >= 11 is 5.85. The van der Waals surface area contributed by atoms with Crippen molar-refractivity contribution < 1.29 is 9.18 Å². The summed E-state index contributed by atoms with van der Waals surface area (Å²) in [6.45, 7) is 0.281. The minimum atomic E-state index is -0.342. The van der Waals surface area contributed by atoms with Gasteiger partial charge in [0.15, 0.2) is 0 Å². The van der Waals surface area contributed by atoms with Crippen LogP contribution in [0.2, 0.25) is 5.02 Å². The van der Waals surface area contributed by atoms with E-state index in [-0.39, 0.29) is 24.0 Å². The first-order valence-electron chi connectivity index (χ1n) is 7.47. The van der Waals surface area contributed by atoms with Gasteiger partial charge in [-0.05, 0) is 42.0 Å². The van der Waals surface area contributed by atoms with E-state index in [2.05, 4.69) is 20.6 Å². The highest BCUT2D eigenvalue weighted by Gasteiger charge is 2.09. The molecule has 5 nitrogen and oxygen atoms in total. The molecule has 0 aliphatic carbocycles. The molecule has 2 N–H and O–H groups in total. The molecule has 3 aromatic rings. The number of carbonyl (C=O) groups is 1. The van der Waals surface area contributed by atoms with Gasteiger partial charge in [-0.3, -0.25) is 4.79 Å². The summed E-state index contributed by atoms with van der Waals surface area (Å²) in [5.74, 6) is -0.168. The molecule has 0 unspecified atom stereocenters. The van der Waals surface area contributed by atoms with Gasteiger partial charge in [-0.2, -0.15) is 0 Å². The van der Waals surface area contributed by atoms with Crippen LogP contribution in [0.5, 0.6) is 0 Å². The maximum Gasteiger partial charge on any atom is 0.270 e. The maximum atomic E-state index is 12.9. The largest absolute Gasteiger partial charge is 0.347 e. The van der Waals surface area contributed by atoms with Crippen molar-refractivity contribution in [1.29, 1.82) is 0 Å². The maximum absolute atomic E-state index is 12.9. The van der Waals surface area contributed by atoms with Gasteiger partial charge in [-0.1, -0.05) is 23.7 Å². The van der Waals surface area contributed by atoms with Gasteiger partial charge in [-0.25, -0.2) is 14.4 Å². The van der Waals surface area contributed by atoms with Crippen LogP contribution >= 0.6 is 11.6 Å². The quantitative estimate of drug-likeness (QED) is 0.726. The Hall–Kier alpha value is -2.99. The number of hydrogen-bond donors (Lipinski definition) is 2. The zero-order chi connectivity index (χ0) is 17.6. The number of halogens is 2. The van der Waals surface area contributed by atoms with E-state index in [0.29, 0.717) is 10.8 Å². The topological polar surface area (TPSA) is 66.9 Å². The third-order valence-electron chi connectivity index (χ3n) is 3.38. The normalized spacial score (nSPS) is 10.3. The lowest BCUT2D eigenvalue weighted by Gasteiger charge is -2.08. The van der Waals surface area contributed by atoms with E-state index in [4.69, 9.17) is 11.6 Å². The van der Waals surface area contributed by atoms with Crippen LogP contribution < -0.4 is 10.6 Å². The van der Waals surface area contributed by atoms with E-state index in [1.54, 1.807) is 42.5 Å². The van der Waals surface area contributed by atoms with Crippen LogP contribution in [0.4, 0.5) is 15.9 Å². The number of benzene rings is 2. The van der Waals surface area contributed by atoms with Crippen molar-refractivity contribution in [2.24, 2.45) is 0 Å². The molecule has 126 valence electrons. The van der Waals surface area contributed by atoms with E-state index in [1.807, 2.05) is 0 Å². The van der Waals surface area contributed by atoms with Crippen LogP contribution in [-0.2, 0) is 6.54 Å². The van der Waals surface area contributed by atoms with E-state index in [1.165, 1.54) is 18.5 Å². The molecule has 0 bridgehead atoms. The van der Waals surface area contributed by atoms with Crippen LogP contribution in [0.3, 0.4) is 0 Å². The molecule has 1 aromatic heterocycles. The molecular formula is C18H14ClFN4O. The third-order valence-corrected chi connectivity index (χ3v) is 3.63. The first-order valence-corrected chi connectivity index (χ1v) is 7.85. The predicted molar refractivity (Wildman–Crippen MR) is 94.3 cm³/mol. The van der Waals surface area contributed by atoms with Gasteiger partial charge < -0.3 is 10.6 Å². The fourth-order valence-corrected chi connectivity index (χ4v) is 2.23. The molecule has 3 rings (SSSR count). The molecule has 1 amide bonds. The molecule has 0 saturated carbocycles. The van der Waals surface area contributed by atoms with Crippen LogP contribution in [0.25, 0.3) is 0 Å². The van der Waals surface area contributed by atoms with Crippen LogP contribution in [0, 0.1) is 5.82 Å². The second kappa shape index (κ2) is 7.72. The lowest BCUT2D eigenvalue weighted by atomic mass is 10.2. The number of carbonyl (C=O) groups excluding carboxylic acids is 1. The molecule has 0 fully saturated rings. The summed E-state index contributed by atoms with van der Waals surface area (Å²) in [5.41, 5.74) is 1.82. The van der Waals surface area contributed by atoms with Gasteiger partial charge in [0, 0.05) is 23.3 Å². The first kappa shape index (κ1) is 16.9. The van der Waals surface area contributed by atoms with Crippen LogP contribution in [0.1, 0.15) is 16.1 Å². The Balaban J connectivity index is 1.64. The molecule has 0 aliphatic heterocycles. The van der Waals surface area contributed by atoms with Crippen molar-refractivity contribution in [2.75, 3.05) is 5.32 Å². The standard InChI is InChI=1S/C18H14ClFN4O/c19-13-3-7-15(8-4-13)24-17-9-16(22-11-23-17)18(25)21-10-12-1-5-14(20)6-2-12/h1-9,11H,10H2,(H,21,25)(H,22,23,24). The molecule has 0 radical (unpaired) electrons. The van der Waals surface area contributed by atoms with E-state index in [0.717, 1.165) is 11.3 Å². The molecule has 0 aliphatic rings. The number of rotatable bonds is 5.